The number of thioether (sulfide) groups is 1. The number of amides is 1. The molecule has 0 aliphatic heterocycles. The van der Waals surface area contributed by atoms with Crippen molar-refractivity contribution in [2.45, 2.75) is 32.7 Å². The van der Waals surface area contributed by atoms with Gasteiger partial charge >= 0.3 is 63.3 Å². The molecule has 0 radical (unpaired) electrons. The zero-order valence-corrected chi connectivity index (χ0v) is 21.7. The van der Waals surface area contributed by atoms with Gasteiger partial charge in [0.1, 0.15) is 6.61 Å². The predicted molar refractivity (Wildman–Crippen MR) is 100 cm³/mol. The summed E-state index contributed by atoms with van der Waals surface area (Å²) >= 11 is 1.35. The van der Waals surface area contributed by atoms with Gasteiger partial charge in [-0.15, -0.1) is 0 Å². The first-order chi connectivity index (χ1) is 12.3. The van der Waals surface area contributed by atoms with Gasteiger partial charge in [-0.25, -0.2) is 13.2 Å². The minimum absolute atomic E-state index is 0. The maximum Gasteiger partial charge on any atom is 1.00 e. The molecular weight excluding hydrogens is 437 g/mol. The van der Waals surface area contributed by atoms with Crippen LogP contribution in [-0.2, 0) is 34.0 Å². The summed E-state index contributed by atoms with van der Waals surface area (Å²) < 4.78 is 41.8. The van der Waals surface area contributed by atoms with E-state index in [0.717, 1.165) is 0 Å². The normalized spacial score (nSPS) is 12.3. The molecule has 1 unspecified atom stereocenters. The van der Waals surface area contributed by atoms with E-state index in [0.29, 0.717) is 11.5 Å². The Morgan fingerprint density at radius 3 is 2.36 bits per heavy atom. The Labute approximate surface area is 212 Å². The standard InChI is InChI=1S/C16H27NO8S2.K/c1-11(15(20)24-5)8-25-13(18)6-7-26-9-12(2)14(19)17-16(3,4)10-27(21,22)23;/h12H,1,6-10H2,2-5H3,(H,17,19)(H,21,22,23);/q;+1/p-1. The summed E-state index contributed by atoms with van der Waals surface area (Å²) in [6.45, 7) is 7.75. The Morgan fingerprint density at radius 1 is 1.29 bits per heavy atom. The van der Waals surface area contributed by atoms with Crippen molar-refractivity contribution in [3.8, 4) is 0 Å². The number of rotatable bonds is 12. The Hall–Kier alpha value is 0.0464. The number of ether oxygens (including phenoxy) is 2. The molecule has 156 valence electrons. The number of esters is 2. The van der Waals surface area contributed by atoms with Crippen LogP contribution in [0.15, 0.2) is 12.2 Å². The number of nitrogens with one attached hydrogen (secondary N) is 1. The molecule has 0 spiro atoms. The third kappa shape index (κ3) is 15.0. The van der Waals surface area contributed by atoms with E-state index in [2.05, 4.69) is 16.6 Å². The maximum atomic E-state index is 12.1. The van der Waals surface area contributed by atoms with Gasteiger partial charge < -0.3 is 19.3 Å². The summed E-state index contributed by atoms with van der Waals surface area (Å²) in [5.74, 6) is -1.88. The van der Waals surface area contributed by atoms with Gasteiger partial charge in [0.25, 0.3) is 0 Å². The average molecular weight is 464 g/mol. The molecule has 0 aliphatic rings. The first-order valence-electron chi connectivity index (χ1n) is 8.02. The number of carbonyl (C=O) groups is 3. The van der Waals surface area contributed by atoms with Crippen molar-refractivity contribution < 1.29 is 88.2 Å². The van der Waals surface area contributed by atoms with E-state index in [1.54, 1.807) is 6.92 Å². The Balaban J connectivity index is 0. The van der Waals surface area contributed by atoms with Gasteiger partial charge in [-0.3, -0.25) is 9.59 Å². The molecule has 0 fully saturated rings. The third-order valence-electron chi connectivity index (χ3n) is 3.15. The van der Waals surface area contributed by atoms with Crippen molar-refractivity contribution in [3.63, 3.8) is 0 Å². The molecule has 0 aromatic carbocycles. The Morgan fingerprint density at radius 2 is 1.86 bits per heavy atom. The SMILES string of the molecule is C=C(COC(=O)CCSCC(C)C(=O)NC(C)(C)CS(=O)(=O)[O-])C(=O)OC.[K+]. The van der Waals surface area contributed by atoms with Gasteiger partial charge in [-0.05, 0) is 13.8 Å². The van der Waals surface area contributed by atoms with Gasteiger partial charge in [-0.1, -0.05) is 13.5 Å². The second-order valence-electron chi connectivity index (χ2n) is 6.56. The quantitative estimate of drug-likeness (QED) is 0.109. The van der Waals surface area contributed by atoms with Crippen LogP contribution in [0.2, 0.25) is 0 Å². The average Bonchev–Trinajstić information content (AvgIpc) is 2.52. The van der Waals surface area contributed by atoms with Crippen molar-refractivity contribution in [3.05, 3.63) is 12.2 Å². The molecule has 9 nitrogen and oxygen atoms in total. The zero-order valence-electron chi connectivity index (χ0n) is 16.9. The van der Waals surface area contributed by atoms with E-state index >= 15 is 0 Å². The molecule has 0 saturated carbocycles. The van der Waals surface area contributed by atoms with Crippen LogP contribution in [0.5, 0.6) is 0 Å². The molecule has 1 N–H and O–H groups in total. The third-order valence-corrected chi connectivity index (χ3v) is 5.45. The molecule has 0 aromatic heterocycles. The molecule has 0 saturated heterocycles. The molecule has 0 heterocycles. The Bertz CT molecular complexity index is 664. The van der Waals surface area contributed by atoms with Crippen LogP contribution >= 0.6 is 11.8 Å². The van der Waals surface area contributed by atoms with Gasteiger partial charge in [0.05, 0.1) is 35.0 Å². The number of methoxy groups -OCH3 is 1. The summed E-state index contributed by atoms with van der Waals surface area (Å²) in [6.07, 6.45) is 0.0907. The van der Waals surface area contributed by atoms with Crippen LogP contribution in [0.1, 0.15) is 27.2 Å². The van der Waals surface area contributed by atoms with Gasteiger partial charge in [0.2, 0.25) is 5.91 Å². The van der Waals surface area contributed by atoms with Crippen molar-refractivity contribution in [1.82, 2.24) is 5.32 Å². The van der Waals surface area contributed by atoms with E-state index in [4.69, 9.17) is 4.74 Å². The molecule has 0 aromatic rings. The van der Waals surface area contributed by atoms with Crippen LogP contribution in [-0.4, -0.2) is 67.3 Å². The molecule has 0 aliphatic carbocycles. The monoisotopic (exact) mass is 463 g/mol. The first-order valence-corrected chi connectivity index (χ1v) is 10.8. The zero-order chi connectivity index (χ0) is 21.3. The smallest absolute Gasteiger partial charge is 0.748 e. The second-order valence-corrected chi connectivity index (χ2v) is 9.11. The van der Waals surface area contributed by atoms with Gasteiger partial charge in [0.15, 0.2) is 0 Å². The molecule has 0 rings (SSSR count). The van der Waals surface area contributed by atoms with Crippen molar-refractivity contribution in [2.24, 2.45) is 5.92 Å². The Kier molecular flexibility index (Phi) is 15.3. The van der Waals surface area contributed by atoms with E-state index < -0.39 is 39.3 Å². The molecule has 12 heteroatoms. The topological polar surface area (TPSA) is 139 Å². The summed E-state index contributed by atoms with van der Waals surface area (Å²) in [6, 6.07) is 0. The fourth-order valence-corrected chi connectivity index (χ4v) is 3.81. The van der Waals surface area contributed by atoms with Gasteiger partial charge in [0, 0.05) is 23.0 Å². The van der Waals surface area contributed by atoms with E-state index in [-0.39, 0.29) is 75.9 Å². The van der Waals surface area contributed by atoms with E-state index in [9.17, 15) is 27.4 Å². The van der Waals surface area contributed by atoms with Crippen molar-refractivity contribution in [2.75, 3.05) is 31.0 Å². The first kappa shape index (κ1) is 30.2. The molecule has 28 heavy (non-hydrogen) atoms. The maximum absolute atomic E-state index is 12.1. The minimum Gasteiger partial charge on any atom is -0.748 e. The van der Waals surface area contributed by atoms with Crippen LogP contribution in [0.4, 0.5) is 0 Å². The summed E-state index contributed by atoms with van der Waals surface area (Å²) in [5, 5.41) is 2.53. The minimum atomic E-state index is -4.46. The number of hydrogen-bond acceptors (Lipinski definition) is 9. The van der Waals surface area contributed by atoms with Crippen molar-refractivity contribution in [1.29, 1.82) is 0 Å². The fourth-order valence-electron chi connectivity index (χ4n) is 1.87. The van der Waals surface area contributed by atoms with Crippen LogP contribution in [0.3, 0.4) is 0 Å². The van der Waals surface area contributed by atoms with E-state index in [1.165, 1.54) is 32.7 Å². The number of hydrogen-bond donors (Lipinski definition) is 1. The largest absolute Gasteiger partial charge is 1.00 e. The second kappa shape index (κ2) is 14.1. The van der Waals surface area contributed by atoms with Crippen LogP contribution in [0.25, 0.3) is 0 Å². The van der Waals surface area contributed by atoms with Crippen molar-refractivity contribution >= 4 is 39.7 Å². The molecule has 1 amide bonds. The van der Waals surface area contributed by atoms with E-state index in [1.807, 2.05) is 0 Å². The molecular formula is C16H26KNO8S2. The summed E-state index contributed by atoms with van der Waals surface area (Å²) in [5.41, 5.74) is -1.13. The van der Waals surface area contributed by atoms with Crippen LogP contribution < -0.4 is 56.7 Å². The molecule has 0 bridgehead atoms. The number of carbonyl (C=O) groups excluding carboxylic acids is 3. The summed E-state index contributed by atoms with van der Waals surface area (Å²) in [7, 11) is -3.26. The van der Waals surface area contributed by atoms with Crippen LogP contribution in [0, 0.1) is 5.92 Å². The molecule has 1 atom stereocenters. The van der Waals surface area contributed by atoms with Gasteiger partial charge in [-0.2, -0.15) is 11.8 Å². The summed E-state index contributed by atoms with van der Waals surface area (Å²) in [4.78, 5) is 34.7. The fraction of sp³-hybridized carbons (Fsp3) is 0.688. The predicted octanol–water partition coefficient (Wildman–Crippen LogP) is -2.54.